The SMILES string of the molecule is CC(=O)Nc1ccccc1CNCc1cccc(Cl)c1. The minimum atomic E-state index is -0.0627. The van der Waals surface area contributed by atoms with Gasteiger partial charge >= 0.3 is 0 Å². The molecular formula is C16H17ClN2O. The first-order valence-electron chi connectivity index (χ1n) is 6.46. The standard InChI is InChI=1S/C16H17ClN2O/c1-12(20)19-16-8-3-2-6-14(16)11-18-10-13-5-4-7-15(17)9-13/h2-9,18H,10-11H2,1H3,(H,19,20). The van der Waals surface area contributed by atoms with Crippen LogP contribution in [0.2, 0.25) is 5.02 Å². The van der Waals surface area contributed by atoms with Gasteiger partial charge in [-0.2, -0.15) is 0 Å². The maximum atomic E-state index is 11.2. The van der Waals surface area contributed by atoms with Crippen LogP contribution in [0, 0.1) is 0 Å². The van der Waals surface area contributed by atoms with Crippen LogP contribution >= 0.6 is 11.6 Å². The normalized spacial score (nSPS) is 10.3. The number of carbonyl (C=O) groups excluding carboxylic acids is 1. The minimum absolute atomic E-state index is 0.0627. The van der Waals surface area contributed by atoms with E-state index in [0.717, 1.165) is 28.4 Å². The zero-order valence-corrected chi connectivity index (χ0v) is 12.1. The molecule has 0 unspecified atom stereocenters. The van der Waals surface area contributed by atoms with Crippen LogP contribution in [0.3, 0.4) is 0 Å². The lowest BCUT2D eigenvalue weighted by atomic mass is 10.1. The number of hydrogen-bond acceptors (Lipinski definition) is 2. The molecule has 2 rings (SSSR count). The lowest BCUT2D eigenvalue weighted by Gasteiger charge is -2.11. The van der Waals surface area contributed by atoms with E-state index in [2.05, 4.69) is 10.6 Å². The monoisotopic (exact) mass is 288 g/mol. The van der Waals surface area contributed by atoms with Gasteiger partial charge in [-0.15, -0.1) is 0 Å². The number of amides is 1. The molecule has 4 heteroatoms. The molecule has 1 amide bonds. The molecule has 0 saturated heterocycles. The Balaban J connectivity index is 1.95. The van der Waals surface area contributed by atoms with E-state index in [0.29, 0.717) is 6.54 Å². The maximum Gasteiger partial charge on any atom is 0.221 e. The smallest absolute Gasteiger partial charge is 0.221 e. The van der Waals surface area contributed by atoms with E-state index in [4.69, 9.17) is 11.6 Å². The van der Waals surface area contributed by atoms with Crippen molar-refractivity contribution < 1.29 is 4.79 Å². The van der Waals surface area contributed by atoms with Crippen LogP contribution in [0.1, 0.15) is 18.1 Å². The molecule has 0 spiro atoms. The van der Waals surface area contributed by atoms with E-state index in [9.17, 15) is 4.79 Å². The molecule has 0 aliphatic rings. The molecule has 2 N–H and O–H groups in total. The molecule has 0 saturated carbocycles. The molecule has 0 fully saturated rings. The number of carbonyl (C=O) groups is 1. The van der Waals surface area contributed by atoms with Crippen molar-refractivity contribution in [2.24, 2.45) is 0 Å². The number of anilines is 1. The summed E-state index contributed by atoms with van der Waals surface area (Å²) < 4.78 is 0. The second-order valence-corrected chi connectivity index (χ2v) is 5.01. The van der Waals surface area contributed by atoms with Crippen LogP contribution in [-0.4, -0.2) is 5.91 Å². The van der Waals surface area contributed by atoms with Crippen molar-refractivity contribution in [3.05, 3.63) is 64.7 Å². The van der Waals surface area contributed by atoms with Crippen LogP contribution in [0.4, 0.5) is 5.69 Å². The molecule has 3 nitrogen and oxygen atoms in total. The molecule has 2 aromatic carbocycles. The number of rotatable bonds is 5. The van der Waals surface area contributed by atoms with E-state index in [1.54, 1.807) is 0 Å². The van der Waals surface area contributed by atoms with Gasteiger partial charge in [-0.25, -0.2) is 0 Å². The average molecular weight is 289 g/mol. The lowest BCUT2D eigenvalue weighted by Crippen LogP contribution is -2.15. The van der Waals surface area contributed by atoms with Gasteiger partial charge in [-0.1, -0.05) is 41.9 Å². The second-order valence-electron chi connectivity index (χ2n) is 4.57. The number of nitrogens with one attached hydrogen (secondary N) is 2. The third-order valence-corrected chi connectivity index (χ3v) is 3.10. The largest absolute Gasteiger partial charge is 0.326 e. The van der Waals surface area contributed by atoms with E-state index in [1.807, 2.05) is 48.5 Å². The van der Waals surface area contributed by atoms with Gasteiger partial charge in [0.2, 0.25) is 5.91 Å². The zero-order valence-electron chi connectivity index (χ0n) is 11.3. The van der Waals surface area contributed by atoms with Gasteiger partial charge in [0.25, 0.3) is 0 Å². The first-order valence-corrected chi connectivity index (χ1v) is 6.83. The summed E-state index contributed by atoms with van der Waals surface area (Å²) in [6.45, 7) is 2.92. The van der Waals surface area contributed by atoms with E-state index < -0.39 is 0 Å². The van der Waals surface area contributed by atoms with Crippen LogP contribution in [0.15, 0.2) is 48.5 Å². The maximum absolute atomic E-state index is 11.2. The molecule has 20 heavy (non-hydrogen) atoms. The Morgan fingerprint density at radius 1 is 1.10 bits per heavy atom. The summed E-state index contributed by atoms with van der Waals surface area (Å²) in [5, 5.41) is 6.92. The molecule has 0 atom stereocenters. The average Bonchev–Trinajstić information content (AvgIpc) is 2.40. The summed E-state index contributed by atoms with van der Waals surface area (Å²) in [5.74, 6) is -0.0627. The predicted molar refractivity (Wildman–Crippen MR) is 82.7 cm³/mol. The van der Waals surface area contributed by atoms with E-state index in [-0.39, 0.29) is 5.91 Å². The molecule has 0 aliphatic carbocycles. The number of benzene rings is 2. The molecular weight excluding hydrogens is 272 g/mol. The molecule has 104 valence electrons. The number of halogens is 1. The molecule has 0 radical (unpaired) electrons. The van der Waals surface area contributed by atoms with Gasteiger partial charge in [-0.05, 0) is 29.3 Å². The Labute approximate surface area is 124 Å². The third kappa shape index (κ3) is 4.37. The van der Waals surface area contributed by atoms with Crippen molar-refractivity contribution in [2.45, 2.75) is 20.0 Å². The van der Waals surface area contributed by atoms with E-state index >= 15 is 0 Å². The third-order valence-electron chi connectivity index (χ3n) is 2.86. The fourth-order valence-electron chi connectivity index (χ4n) is 1.97. The molecule has 0 aromatic heterocycles. The van der Waals surface area contributed by atoms with Gasteiger partial charge in [0, 0.05) is 30.7 Å². The Kier molecular flexibility index (Phi) is 5.16. The van der Waals surface area contributed by atoms with Crippen molar-refractivity contribution in [1.29, 1.82) is 0 Å². The quantitative estimate of drug-likeness (QED) is 0.883. The number of hydrogen-bond donors (Lipinski definition) is 2. The van der Waals surface area contributed by atoms with Crippen molar-refractivity contribution in [1.82, 2.24) is 5.32 Å². The van der Waals surface area contributed by atoms with Crippen molar-refractivity contribution in [2.75, 3.05) is 5.32 Å². The lowest BCUT2D eigenvalue weighted by molar-refractivity contribution is -0.114. The summed E-state index contributed by atoms with van der Waals surface area (Å²) >= 11 is 5.95. The molecule has 0 aliphatic heterocycles. The summed E-state index contributed by atoms with van der Waals surface area (Å²) in [5.41, 5.74) is 3.04. The summed E-state index contributed by atoms with van der Waals surface area (Å²) in [4.78, 5) is 11.2. The van der Waals surface area contributed by atoms with Gasteiger partial charge < -0.3 is 10.6 Å². The molecule has 0 bridgehead atoms. The fourth-order valence-corrected chi connectivity index (χ4v) is 2.19. The Bertz CT molecular complexity index is 599. The Morgan fingerprint density at radius 2 is 1.90 bits per heavy atom. The van der Waals surface area contributed by atoms with Gasteiger partial charge in [0.05, 0.1) is 0 Å². The first kappa shape index (κ1) is 14.6. The second kappa shape index (κ2) is 7.08. The highest BCUT2D eigenvalue weighted by atomic mass is 35.5. The van der Waals surface area contributed by atoms with Crippen LogP contribution in [0.25, 0.3) is 0 Å². The van der Waals surface area contributed by atoms with E-state index in [1.165, 1.54) is 6.92 Å². The Hall–Kier alpha value is -1.84. The predicted octanol–water partition coefficient (Wildman–Crippen LogP) is 3.59. The zero-order chi connectivity index (χ0) is 14.4. The van der Waals surface area contributed by atoms with Crippen molar-refractivity contribution in [3.8, 4) is 0 Å². The topological polar surface area (TPSA) is 41.1 Å². The number of para-hydroxylation sites is 1. The highest BCUT2D eigenvalue weighted by Crippen LogP contribution is 2.15. The fraction of sp³-hybridized carbons (Fsp3) is 0.188. The Morgan fingerprint density at radius 3 is 2.65 bits per heavy atom. The molecule has 2 aromatic rings. The summed E-state index contributed by atoms with van der Waals surface area (Å²) in [7, 11) is 0. The van der Waals surface area contributed by atoms with Gasteiger partial charge in [0.15, 0.2) is 0 Å². The summed E-state index contributed by atoms with van der Waals surface area (Å²) in [6, 6.07) is 15.5. The molecule has 0 heterocycles. The van der Waals surface area contributed by atoms with Crippen molar-refractivity contribution in [3.63, 3.8) is 0 Å². The van der Waals surface area contributed by atoms with Crippen LogP contribution < -0.4 is 10.6 Å². The van der Waals surface area contributed by atoms with Gasteiger partial charge in [-0.3, -0.25) is 4.79 Å². The summed E-state index contributed by atoms with van der Waals surface area (Å²) in [6.07, 6.45) is 0. The van der Waals surface area contributed by atoms with Gasteiger partial charge in [0.1, 0.15) is 0 Å². The highest BCUT2D eigenvalue weighted by Gasteiger charge is 2.03. The first-order chi connectivity index (χ1) is 9.65. The van der Waals surface area contributed by atoms with Crippen molar-refractivity contribution >= 4 is 23.2 Å². The minimum Gasteiger partial charge on any atom is -0.326 e. The highest BCUT2D eigenvalue weighted by molar-refractivity contribution is 6.30. The van der Waals surface area contributed by atoms with Crippen LogP contribution in [-0.2, 0) is 17.9 Å². The van der Waals surface area contributed by atoms with Crippen LogP contribution in [0.5, 0.6) is 0 Å².